The molecule has 0 aliphatic rings. The first kappa shape index (κ1) is 16.8. The molecule has 23 heavy (non-hydrogen) atoms. The molecule has 0 spiro atoms. The van der Waals surface area contributed by atoms with Gasteiger partial charge in [-0.05, 0) is 48.7 Å². The maximum Gasteiger partial charge on any atom is 0.248 e. The molecule has 0 bridgehead atoms. The van der Waals surface area contributed by atoms with E-state index in [2.05, 4.69) is 5.32 Å². The number of anilines is 1. The van der Waals surface area contributed by atoms with Gasteiger partial charge < -0.3 is 14.8 Å². The van der Waals surface area contributed by atoms with Crippen LogP contribution in [0.1, 0.15) is 16.7 Å². The predicted octanol–water partition coefficient (Wildman–Crippen LogP) is 3.94. The fraction of sp³-hybridized carbons (Fsp3) is 0.211. The van der Waals surface area contributed by atoms with Crippen molar-refractivity contribution in [1.29, 1.82) is 0 Å². The molecule has 0 unspecified atom stereocenters. The topological polar surface area (TPSA) is 47.6 Å². The molecule has 2 rings (SSSR count). The van der Waals surface area contributed by atoms with Gasteiger partial charge in [-0.25, -0.2) is 0 Å². The standard InChI is InChI=1S/C19H21NO3/c1-14-5-4-6-15(2)19(14)20-18(21)12-9-16-7-10-17(11-8-16)23-13-22-3/h4-12H,13H2,1-3H3,(H,20,21)/b12-9+. The summed E-state index contributed by atoms with van der Waals surface area (Å²) in [6, 6.07) is 13.4. The molecule has 0 aliphatic heterocycles. The maximum absolute atomic E-state index is 12.1. The molecule has 0 heterocycles. The van der Waals surface area contributed by atoms with Gasteiger partial charge in [0.2, 0.25) is 5.91 Å². The summed E-state index contributed by atoms with van der Waals surface area (Å²) in [5, 5.41) is 2.92. The van der Waals surface area contributed by atoms with Gasteiger partial charge >= 0.3 is 0 Å². The molecular formula is C19H21NO3. The highest BCUT2D eigenvalue weighted by Gasteiger charge is 2.04. The molecule has 0 atom stereocenters. The van der Waals surface area contributed by atoms with Crippen LogP contribution in [0.25, 0.3) is 6.08 Å². The lowest BCUT2D eigenvalue weighted by Gasteiger charge is -2.09. The zero-order valence-corrected chi connectivity index (χ0v) is 13.6. The van der Waals surface area contributed by atoms with Crippen molar-refractivity contribution in [2.24, 2.45) is 0 Å². The third-order valence-electron chi connectivity index (χ3n) is 3.38. The molecule has 0 radical (unpaired) electrons. The van der Waals surface area contributed by atoms with Crippen molar-refractivity contribution in [2.45, 2.75) is 13.8 Å². The zero-order valence-electron chi connectivity index (χ0n) is 13.6. The van der Waals surface area contributed by atoms with Gasteiger partial charge in [-0.2, -0.15) is 0 Å². The number of benzene rings is 2. The maximum atomic E-state index is 12.1. The highest BCUT2D eigenvalue weighted by Crippen LogP contribution is 2.19. The van der Waals surface area contributed by atoms with Crippen molar-refractivity contribution in [3.05, 3.63) is 65.2 Å². The van der Waals surface area contributed by atoms with E-state index in [1.807, 2.05) is 56.3 Å². The van der Waals surface area contributed by atoms with Gasteiger partial charge in [0.1, 0.15) is 5.75 Å². The summed E-state index contributed by atoms with van der Waals surface area (Å²) in [4.78, 5) is 12.1. The summed E-state index contributed by atoms with van der Waals surface area (Å²) in [6.07, 6.45) is 3.29. The fourth-order valence-electron chi connectivity index (χ4n) is 2.15. The minimum Gasteiger partial charge on any atom is -0.468 e. The van der Waals surface area contributed by atoms with Crippen LogP contribution in [0.2, 0.25) is 0 Å². The van der Waals surface area contributed by atoms with Crippen molar-refractivity contribution in [2.75, 3.05) is 19.2 Å². The van der Waals surface area contributed by atoms with Gasteiger partial charge in [0.15, 0.2) is 6.79 Å². The van der Waals surface area contributed by atoms with E-state index in [1.165, 1.54) is 6.08 Å². The lowest BCUT2D eigenvalue weighted by molar-refractivity contribution is -0.111. The van der Waals surface area contributed by atoms with E-state index in [-0.39, 0.29) is 12.7 Å². The van der Waals surface area contributed by atoms with Crippen LogP contribution < -0.4 is 10.1 Å². The summed E-state index contributed by atoms with van der Waals surface area (Å²) in [5.74, 6) is 0.575. The molecule has 2 aromatic carbocycles. The highest BCUT2D eigenvalue weighted by atomic mass is 16.7. The molecule has 4 heteroatoms. The third-order valence-corrected chi connectivity index (χ3v) is 3.38. The summed E-state index contributed by atoms with van der Waals surface area (Å²) < 4.78 is 10.2. The highest BCUT2D eigenvalue weighted by molar-refractivity contribution is 6.02. The average molecular weight is 311 g/mol. The van der Waals surface area contributed by atoms with Crippen LogP contribution in [0.15, 0.2) is 48.5 Å². The SMILES string of the molecule is COCOc1ccc(/C=C/C(=O)Nc2c(C)cccc2C)cc1. The Bertz CT molecular complexity index is 670. The Hall–Kier alpha value is -2.59. The first-order valence-corrected chi connectivity index (χ1v) is 7.37. The van der Waals surface area contributed by atoms with Crippen molar-refractivity contribution < 1.29 is 14.3 Å². The molecule has 120 valence electrons. The molecule has 1 amide bonds. The Morgan fingerprint density at radius 2 is 1.74 bits per heavy atom. The van der Waals surface area contributed by atoms with E-state index in [0.717, 1.165) is 28.1 Å². The van der Waals surface area contributed by atoms with Gasteiger partial charge in [0, 0.05) is 18.9 Å². The van der Waals surface area contributed by atoms with Gasteiger partial charge in [-0.15, -0.1) is 0 Å². The molecule has 0 fully saturated rings. The number of carbonyl (C=O) groups excluding carboxylic acids is 1. The first-order chi connectivity index (χ1) is 11.1. The van der Waals surface area contributed by atoms with Crippen molar-refractivity contribution in [3.8, 4) is 5.75 Å². The van der Waals surface area contributed by atoms with E-state index < -0.39 is 0 Å². The second kappa shape index (κ2) is 8.15. The Morgan fingerprint density at radius 1 is 1.09 bits per heavy atom. The van der Waals surface area contributed by atoms with Crippen LogP contribution >= 0.6 is 0 Å². The van der Waals surface area contributed by atoms with E-state index >= 15 is 0 Å². The number of nitrogens with one attached hydrogen (secondary N) is 1. The van der Waals surface area contributed by atoms with Gasteiger partial charge in [-0.3, -0.25) is 4.79 Å². The molecule has 2 aromatic rings. The number of carbonyl (C=O) groups is 1. The Kier molecular flexibility index (Phi) is 5.94. The average Bonchev–Trinajstić information content (AvgIpc) is 2.55. The minimum absolute atomic E-state index is 0.151. The molecule has 0 saturated carbocycles. The van der Waals surface area contributed by atoms with Crippen LogP contribution in [-0.4, -0.2) is 19.8 Å². The van der Waals surface area contributed by atoms with Gasteiger partial charge in [-0.1, -0.05) is 30.3 Å². The van der Waals surface area contributed by atoms with E-state index in [0.29, 0.717) is 0 Å². The number of ether oxygens (including phenoxy) is 2. The van der Waals surface area contributed by atoms with E-state index in [4.69, 9.17) is 9.47 Å². The lowest BCUT2D eigenvalue weighted by atomic mass is 10.1. The normalized spacial score (nSPS) is 10.7. The van der Waals surface area contributed by atoms with E-state index in [1.54, 1.807) is 13.2 Å². The number of amides is 1. The number of methoxy groups -OCH3 is 1. The third kappa shape index (κ3) is 4.97. The molecule has 0 aliphatic carbocycles. The predicted molar refractivity (Wildman–Crippen MR) is 92.5 cm³/mol. The summed E-state index contributed by atoms with van der Waals surface area (Å²) in [7, 11) is 1.58. The molecule has 1 N–H and O–H groups in total. The number of aryl methyl sites for hydroxylation is 2. The Morgan fingerprint density at radius 3 is 2.35 bits per heavy atom. The zero-order chi connectivity index (χ0) is 16.7. The summed E-state index contributed by atoms with van der Waals surface area (Å²) in [6.45, 7) is 4.17. The van der Waals surface area contributed by atoms with Crippen molar-refractivity contribution >= 4 is 17.7 Å². The minimum atomic E-state index is -0.151. The summed E-state index contributed by atoms with van der Waals surface area (Å²) >= 11 is 0. The van der Waals surface area contributed by atoms with E-state index in [9.17, 15) is 4.79 Å². The van der Waals surface area contributed by atoms with Crippen LogP contribution in [-0.2, 0) is 9.53 Å². The number of hydrogen-bond donors (Lipinski definition) is 1. The number of para-hydroxylation sites is 1. The van der Waals surface area contributed by atoms with Crippen LogP contribution in [0, 0.1) is 13.8 Å². The quantitative estimate of drug-likeness (QED) is 0.649. The largest absolute Gasteiger partial charge is 0.468 e. The van der Waals surface area contributed by atoms with Crippen LogP contribution in [0.3, 0.4) is 0 Å². The summed E-state index contributed by atoms with van der Waals surface area (Å²) in [5.41, 5.74) is 3.88. The second-order valence-electron chi connectivity index (χ2n) is 5.21. The Labute approximate surface area is 136 Å². The fourth-order valence-corrected chi connectivity index (χ4v) is 2.15. The van der Waals surface area contributed by atoms with Gasteiger partial charge in [0.05, 0.1) is 0 Å². The lowest BCUT2D eigenvalue weighted by Crippen LogP contribution is -2.10. The van der Waals surface area contributed by atoms with Crippen molar-refractivity contribution in [3.63, 3.8) is 0 Å². The van der Waals surface area contributed by atoms with Crippen LogP contribution in [0.4, 0.5) is 5.69 Å². The Balaban J connectivity index is 1.98. The molecule has 0 aromatic heterocycles. The monoisotopic (exact) mass is 311 g/mol. The van der Waals surface area contributed by atoms with Crippen molar-refractivity contribution in [1.82, 2.24) is 0 Å². The second-order valence-corrected chi connectivity index (χ2v) is 5.21. The first-order valence-electron chi connectivity index (χ1n) is 7.37. The van der Waals surface area contributed by atoms with Gasteiger partial charge in [0.25, 0.3) is 0 Å². The number of rotatable bonds is 6. The molecule has 0 saturated heterocycles. The molecular weight excluding hydrogens is 290 g/mol. The number of hydrogen-bond acceptors (Lipinski definition) is 3. The smallest absolute Gasteiger partial charge is 0.248 e. The molecule has 4 nitrogen and oxygen atoms in total. The van der Waals surface area contributed by atoms with Crippen LogP contribution in [0.5, 0.6) is 5.75 Å².